The van der Waals surface area contributed by atoms with Gasteiger partial charge in [-0.2, -0.15) is 4.37 Å². The predicted molar refractivity (Wildman–Crippen MR) is 42.8 cm³/mol. The zero-order valence-corrected chi connectivity index (χ0v) is 6.34. The molecule has 54 valence electrons. The molecule has 0 atom stereocenters. The van der Waals surface area contributed by atoms with Crippen LogP contribution in [-0.2, 0) is 0 Å². The highest BCUT2D eigenvalue weighted by Crippen LogP contribution is 2.16. The topological polar surface area (TPSA) is 42.9 Å². The molecule has 0 aromatic carbocycles. The molecule has 3 nitrogen and oxygen atoms in total. The molecule has 0 aliphatic heterocycles. The summed E-state index contributed by atoms with van der Waals surface area (Å²) in [6, 6.07) is 1.74. The molecule has 2 rings (SSSR count). The van der Waals surface area contributed by atoms with Crippen LogP contribution < -0.4 is 0 Å². The van der Waals surface area contributed by atoms with Gasteiger partial charge >= 0.3 is 0 Å². The van der Waals surface area contributed by atoms with Crippen molar-refractivity contribution in [1.82, 2.24) is 9.36 Å². The number of carbonyl (C=O) groups excluding carboxylic acids is 1. The van der Waals surface area contributed by atoms with Crippen LogP contribution in [0.5, 0.6) is 0 Å². The third-order valence-corrected chi connectivity index (χ3v) is 2.14. The molecule has 0 radical (unpaired) electrons. The van der Waals surface area contributed by atoms with E-state index in [1.165, 1.54) is 11.5 Å². The highest BCUT2D eigenvalue weighted by molar-refractivity contribution is 7.13. The maximum atomic E-state index is 10.3. The first kappa shape index (κ1) is 6.42. The minimum absolute atomic E-state index is 0.460. The standard InChI is InChI=1S/C7H4N2OS/c10-4-6-1-7-5(2-8-6)3-9-11-7/h1-4H. The Kier molecular flexibility index (Phi) is 1.40. The molecule has 0 saturated heterocycles. The van der Waals surface area contributed by atoms with Gasteiger partial charge in [0.15, 0.2) is 6.29 Å². The monoisotopic (exact) mass is 164 g/mol. The fourth-order valence-corrected chi connectivity index (χ4v) is 1.51. The fourth-order valence-electron chi connectivity index (χ4n) is 0.843. The summed E-state index contributed by atoms with van der Waals surface area (Å²) >= 11 is 1.37. The van der Waals surface area contributed by atoms with Crippen LogP contribution in [0.2, 0.25) is 0 Å². The van der Waals surface area contributed by atoms with E-state index in [1.807, 2.05) is 0 Å². The molecule has 11 heavy (non-hydrogen) atoms. The van der Waals surface area contributed by atoms with E-state index < -0.39 is 0 Å². The van der Waals surface area contributed by atoms with E-state index in [0.29, 0.717) is 5.69 Å². The number of hydrogen-bond donors (Lipinski definition) is 0. The maximum absolute atomic E-state index is 10.3. The fraction of sp³-hybridized carbons (Fsp3) is 0. The molecule has 0 spiro atoms. The Morgan fingerprint density at radius 1 is 1.45 bits per heavy atom. The van der Waals surface area contributed by atoms with Gasteiger partial charge in [0.1, 0.15) is 5.69 Å². The summed E-state index contributed by atoms with van der Waals surface area (Å²) in [6.07, 6.45) is 4.13. The lowest BCUT2D eigenvalue weighted by Crippen LogP contribution is -1.82. The molecular formula is C7H4N2OS. The van der Waals surface area contributed by atoms with Gasteiger partial charge in [-0.15, -0.1) is 0 Å². The lowest BCUT2D eigenvalue weighted by molar-refractivity contribution is 0.111. The Hall–Kier alpha value is -1.29. The van der Waals surface area contributed by atoms with Crippen LogP contribution in [0.4, 0.5) is 0 Å². The van der Waals surface area contributed by atoms with Crippen molar-refractivity contribution in [3.8, 4) is 0 Å². The summed E-state index contributed by atoms with van der Waals surface area (Å²) < 4.78 is 4.96. The molecule has 0 unspecified atom stereocenters. The lowest BCUT2D eigenvalue weighted by Gasteiger charge is -1.87. The quantitative estimate of drug-likeness (QED) is 0.600. The van der Waals surface area contributed by atoms with E-state index in [0.717, 1.165) is 16.4 Å². The first-order valence-electron chi connectivity index (χ1n) is 3.06. The van der Waals surface area contributed by atoms with Crippen LogP contribution >= 0.6 is 11.5 Å². The van der Waals surface area contributed by atoms with Gasteiger partial charge < -0.3 is 0 Å². The van der Waals surface area contributed by atoms with Crippen molar-refractivity contribution in [2.24, 2.45) is 0 Å². The van der Waals surface area contributed by atoms with Crippen molar-refractivity contribution in [2.45, 2.75) is 0 Å². The molecule has 0 aliphatic carbocycles. The number of aldehydes is 1. The van der Waals surface area contributed by atoms with Crippen LogP contribution in [0.25, 0.3) is 10.1 Å². The number of fused-ring (bicyclic) bond motifs is 1. The predicted octanol–water partition coefficient (Wildman–Crippen LogP) is 1.50. The highest BCUT2D eigenvalue weighted by atomic mass is 32.1. The third kappa shape index (κ3) is 1.01. The van der Waals surface area contributed by atoms with E-state index in [4.69, 9.17) is 0 Å². The maximum Gasteiger partial charge on any atom is 0.168 e. The summed E-state index contributed by atoms with van der Waals surface area (Å²) in [4.78, 5) is 14.2. The smallest absolute Gasteiger partial charge is 0.168 e. The summed E-state index contributed by atoms with van der Waals surface area (Å²) in [5.74, 6) is 0. The molecule has 0 aliphatic rings. The average Bonchev–Trinajstić information content (AvgIpc) is 2.50. The molecule has 0 N–H and O–H groups in total. The van der Waals surface area contributed by atoms with Crippen molar-refractivity contribution in [1.29, 1.82) is 0 Å². The number of aromatic nitrogens is 2. The second kappa shape index (κ2) is 2.39. The normalized spacial score (nSPS) is 10.2. The highest BCUT2D eigenvalue weighted by Gasteiger charge is 1.97. The Balaban J connectivity index is 2.76. The molecule has 0 saturated carbocycles. The van der Waals surface area contributed by atoms with E-state index in [-0.39, 0.29) is 0 Å². The van der Waals surface area contributed by atoms with Crippen molar-refractivity contribution in [3.63, 3.8) is 0 Å². The molecule has 0 bridgehead atoms. The average molecular weight is 164 g/mol. The molecule has 2 heterocycles. The van der Waals surface area contributed by atoms with Gasteiger partial charge in [-0.3, -0.25) is 9.78 Å². The van der Waals surface area contributed by atoms with Crippen molar-refractivity contribution >= 4 is 27.9 Å². The number of rotatable bonds is 1. The first-order valence-corrected chi connectivity index (χ1v) is 3.83. The van der Waals surface area contributed by atoms with E-state index >= 15 is 0 Å². The zero-order valence-electron chi connectivity index (χ0n) is 5.52. The van der Waals surface area contributed by atoms with Crippen molar-refractivity contribution < 1.29 is 4.79 Å². The number of nitrogens with zero attached hydrogens (tertiary/aromatic N) is 2. The zero-order chi connectivity index (χ0) is 7.68. The van der Waals surface area contributed by atoms with Gasteiger partial charge in [0.05, 0.1) is 10.9 Å². The number of hydrogen-bond acceptors (Lipinski definition) is 4. The minimum Gasteiger partial charge on any atom is -0.296 e. The van der Waals surface area contributed by atoms with Crippen LogP contribution in [0.15, 0.2) is 18.5 Å². The molecule has 2 aromatic heterocycles. The molecule has 0 amide bonds. The van der Waals surface area contributed by atoms with Gasteiger partial charge in [0.2, 0.25) is 0 Å². The van der Waals surface area contributed by atoms with Crippen LogP contribution in [0, 0.1) is 0 Å². The van der Waals surface area contributed by atoms with Gasteiger partial charge in [-0.1, -0.05) is 0 Å². The Bertz CT molecular complexity index is 396. The summed E-state index contributed by atoms with van der Waals surface area (Å²) in [6.45, 7) is 0. The lowest BCUT2D eigenvalue weighted by atomic mass is 10.3. The van der Waals surface area contributed by atoms with E-state index in [9.17, 15) is 4.79 Å². The van der Waals surface area contributed by atoms with Crippen molar-refractivity contribution in [3.05, 3.63) is 24.2 Å². The SMILES string of the molecule is O=Cc1cc2sncc2cn1. The second-order valence-corrected chi connectivity index (χ2v) is 2.92. The van der Waals surface area contributed by atoms with Crippen LogP contribution in [0.3, 0.4) is 0 Å². The Morgan fingerprint density at radius 2 is 2.36 bits per heavy atom. The number of carbonyl (C=O) groups is 1. The minimum atomic E-state index is 0.460. The number of pyridine rings is 1. The van der Waals surface area contributed by atoms with Crippen LogP contribution in [-0.4, -0.2) is 15.6 Å². The van der Waals surface area contributed by atoms with E-state index in [2.05, 4.69) is 9.36 Å². The summed E-state index contributed by atoms with van der Waals surface area (Å²) in [5.41, 5.74) is 0.460. The van der Waals surface area contributed by atoms with Gasteiger partial charge in [-0.25, -0.2) is 0 Å². The largest absolute Gasteiger partial charge is 0.296 e. The van der Waals surface area contributed by atoms with Crippen molar-refractivity contribution in [2.75, 3.05) is 0 Å². The second-order valence-electron chi connectivity index (χ2n) is 2.09. The van der Waals surface area contributed by atoms with Gasteiger partial charge in [-0.05, 0) is 17.6 Å². The molecule has 0 fully saturated rings. The Morgan fingerprint density at radius 3 is 3.18 bits per heavy atom. The molecular weight excluding hydrogens is 160 g/mol. The summed E-state index contributed by atoms with van der Waals surface area (Å²) in [5, 5.41) is 0.987. The summed E-state index contributed by atoms with van der Waals surface area (Å²) in [7, 11) is 0. The van der Waals surface area contributed by atoms with Gasteiger partial charge in [0, 0.05) is 11.6 Å². The first-order chi connectivity index (χ1) is 5.40. The van der Waals surface area contributed by atoms with E-state index in [1.54, 1.807) is 18.5 Å². The Labute approximate surface area is 66.9 Å². The van der Waals surface area contributed by atoms with Crippen LogP contribution in [0.1, 0.15) is 10.5 Å². The third-order valence-electron chi connectivity index (χ3n) is 1.38. The molecule has 2 aromatic rings. The molecule has 4 heteroatoms. The van der Waals surface area contributed by atoms with Gasteiger partial charge in [0.25, 0.3) is 0 Å².